The zero-order valence-corrected chi connectivity index (χ0v) is 16.8. The number of ether oxygens (including phenoxy) is 2. The average Bonchev–Trinajstić information content (AvgIpc) is 3.19. The van der Waals surface area contributed by atoms with Crippen molar-refractivity contribution in [3.63, 3.8) is 0 Å². The van der Waals surface area contributed by atoms with Crippen molar-refractivity contribution in [1.82, 2.24) is 5.16 Å². The number of nitrogens with one attached hydrogen (secondary N) is 1. The number of aromatic nitrogens is 1. The highest BCUT2D eigenvalue weighted by molar-refractivity contribution is 7.16. The highest BCUT2D eigenvalue weighted by Crippen LogP contribution is 2.33. The quantitative estimate of drug-likeness (QED) is 0.621. The molecule has 0 unspecified atom stereocenters. The van der Waals surface area contributed by atoms with Gasteiger partial charge in [0.1, 0.15) is 23.1 Å². The van der Waals surface area contributed by atoms with Crippen molar-refractivity contribution in [2.45, 2.75) is 27.4 Å². The minimum atomic E-state index is -0.499. The van der Waals surface area contributed by atoms with Gasteiger partial charge in [0.2, 0.25) is 0 Å². The number of rotatable bonds is 6. The molecule has 7 nitrogen and oxygen atoms in total. The number of esters is 1. The van der Waals surface area contributed by atoms with E-state index in [1.54, 1.807) is 6.92 Å². The predicted molar refractivity (Wildman–Crippen MR) is 105 cm³/mol. The Hall–Kier alpha value is -3.13. The van der Waals surface area contributed by atoms with E-state index >= 15 is 0 Å². The van der Waals surface area contributed by atoms with Gasteiger partial charge in [-0.05, 0) is 38.5 Å². The maximum absolute atomic E-state index is 12.8. The van der Waals surface area contributed by atoms with Gasteiger partial charge in [-0.1, -0.05) is 23.4 Å². The van der Waals surface area contributed by atoms with E-state index in [0.717, 1.165) is 10.4 Å². The molecule has 0 aliphatic heterocycles. The van der Waals surface area contributed by atoms with Crippen LogP contribution in [0.15, 0.2) is 34.9 Å². The van der Waals surface area contributed by atoms with Crippen molar-refractivity contribution in [2.24, 2.45) is 0 Å². The van der Waals surface area contributed by atoms with Gasteiger partial charge in [0, 0.05) is 4.88 Å². The molecule has 0 fully saturated rings. The van der Waals surface area contributed by atoms with Gasteiger partial charge >= 0.3 is 5.97 Å². The Bertz CT molecular complexity index is 1010. The second kappa shape index (κ2) is 8.26. The molecule has 0 spiro atoms. The molecule has 1 amide bonds. The standard InChI is InChI=1S/C20H20N2O5S/c1-11-13(3)28-19(16(11)20(24)25-4)21-18(23)17-15(12(2)27-22-17)10-26-14-8-6-5-7-9-14/h5-9H,10H2,1-4H3,(H,21,23). The number of para-hydroxylation sites is 1. The Labute approximate surface area is 166 Å². The fourth-order valence-electron chi connectivity index (χ4n) is 2.64. The summed E-state index contributed by atoms with van der Waals surface area (Å²) < 4.78 is 15.8. The second-order valence-corrected chi connectivity index (χ2v) is 7.33. The summed E-state index contributed by atoms with van der Waals surface area (Å²) in [5, 5.41) is 7.04. The highest BCUT2D eigenvalue weighted by Gasteiger charge is 2.25. The van der Waals surface area contributed by atoms with Crippen LogP contribution in [-0.2, 0) is 11.3 Å². The first-order valence-electron chi connectivity index (χ1n) is 8.55. The van der Waals surface area contributed by atoms with Crippen LogP contribution in [0.3, 0.4) is 0 Å². The van der Waals surface area contributed by atoms with Crippen LogP contribution in [0.4, 0.5) is 5.00 Å². The third-order valence-corrected chi connectivity index (χ3v) is 5.45. The molecule has 3 aromatic rings. The van der Waals surface area contributed by atoms with Crippen LogP contribution in [0, 0.1) is 20.8 Å². The van der Waals surface area contributed by atoms with Crippen molar-refractivity contribution >= 4 is 28.2 Å². The number of benzene rings is 1. The summed E-state index contributed by atoms with van der Waals surface area (Å²) in [4.78, 5) is 25.8. The fourth-order valence-corrected chi connectivity index (χ4v) is 3.68. The smallest absolute Gasteiger partial charge is 0.341 e. The number of methoxy groups -OCH3 is 1. The molecule has 1 aromatic carbocycles. The van der Waals surface area contributed by atoms with E-state index in [1.807, 2.05) is 44.2 Å². The number of carbonyl (C=O) groups excluding carboxylic acids is 2. The molecule has 0 saturated carbocycles. The zero-order chi connectivity index (χ0) is 20.3. The molecular formula is C20H20N2O5S. The van der Waals surface area contributed by atoms with Gasteiger partial charge in [-0.2, -0.15) is 0 Å². The second-order valence-electron chi connectivity index (χ2n) is 6.10. The van der Waals surface area contributed by atoms with Gasteiger partial charge in [-0.15, -0.1) is 11.3 Å². The summed E-state index contributed by atoms with van der Waals surface area (Å²) in [6, 6.07) is 9.25. The Morgan fingerprint density at radius 1 is 1.18 bits per heavy atom. The molecule has 2 aromatic heterocycles. The maximum Gasteiger partial charge on any atom is 0.341 e. The molecule has 0 radical (unpaired) electrons. The molecule has 2 heterocycles. The van der Waals surface area contributed by atoms with Crippen molar-refractivity contribution < 1.29 is 23.6 Å². The fraction of sp³-hybridized carbons (Fsp3) is 0.250. The molecule has 0 saturated heterocycles. The maximum atomic E-state index is 12.8. The number of hydrogen-bond donors (Lipinski definition) is 1. The molecule has 0 bridgehead atoms. The first kappa shape index (κ1) is 19.6. The van der Waals surface area contributed by atoms with Gasteiger partial charge in [-0.25, -0.2) is 4.79 Å². The van der Waals surface area contributed by atoms with Crippen molar-refractivity contribution in [2.75, 3.05) is 12.4 Å². The Balaban J connectivity index is 1.83. The number of anilines is 1. The number of amides is 1. The van der Waals surface area contributed by atoms with Crippen molar-refractivity contribution in [3.8, 4) is 5.75 Å². The predicted octanol–water partition coefficient (Wildman–Crippen LogP) is 4.28. The van der Waals surface area contributed by atoms with Crippen LogP contribution < -0.4 is 10.1 Å². The van der Waals surface area contributed by atoms with Crippen LogP contribution in [0.2, 0.25) is 0 Å². The lowest BCUT2D eigenvalue weighted by Crippen LogP contribution is -2.17. The minimum Gasteiger partial charge on any atom is -0.489 e. The van der Waals surface area contributed by atoms with Gasteiger partial charge in [-0.3, -0.25) is 4.79 Å². The summed E-state index contributed by atoms with van der Waals surface area (Å²) in [6.07, 6.45) is 0. The van der Waals surface area contributed by atoms with E-state index in [4.69, 9.17) is 14.0 Å². The largest absolute Gasteiger partial charge is 0.489 e. The first-order valence-corrected chi connectivity index (χ1v) is 9.36. The van der Waals surface area contributed by atoms with Crippen LogP contribution in [0.25, 0.3) is 0 Å². The number of thiophene rings is 1. The van der Waals surface area contributed by atoms with Crippen molar-refractivity contribution in [3.05, 3.63) is 63.4 Å². The van der Waals surface area contributed by atoms with Crippen molar-refractivity contribution in [1.29, 1.82) is 0 Å². The summed E-state index contributed by atoms with van der Waals surface area (Å²) in [6.45, 7) is 5.54. The van der Waals surface area contributed by atoms with E-state index in [1.165, 1.54) is 18.4 Å². The Morgan fingerprint density at radius 2 is 1.89 bits per heavy atom. The molecule has 28 heavy (non-hydrogen) atoms. The molecule has 146 valence electrons. The minimum absolute atomic E-state index is 0.118. The van der Waals surface area contributed by atoms with Crippen LogP contribution in [-0.4, -0.2) is 24.1 Å². The van der Waals surface area contributed by atoms with E-state index in [0.29, 0.717) is 27.6 Å². The van der Waals surface area contributed by atoms with E-state index in [2.05, 4.69) is 10.5 Å². The molecule has 3 rings (SSSR count). The molecule has 0 aliphatic carbocycles. The summed E-state index contributed by atoms with van der Waals surface area (Å²) in [7, 11) is 1.31. The topological polar surface area (TPSA) is 90.7 Å². The van der Waals surface area contributed by atoms with Gasteiger partial charge in [0.25, 0.3) is 5.91 Å². The number of hydrogen-bond acceptors (Lipinski definition) is 7. The van der Waals surface area contributed by atoms with Crippen LogP contribution >= 0.6 is 11.3 Å². The molecule has 1 N–H and O–H groups in total. The first-order chi connectivity index (χ1) is 13.4. The molecular weight excluding hydrogens is 380 g/mol. The lowest BCUT2D eigenvalue weighted by molar-refractivity contribution is 0.0601. The Kier molecular flexibility index (Phi) is 5.79. The van der Waals surface area contributed by atoms with Gasteiger partial charge in [0.05, 0.1) is 18.2 Å². The average molecular weight is 400 g/mol. The summed E-state index contributed by atoms with van der Waals surface area (Å²) >= 11 is 1.31. The zero-order valence-electron chi connectivity index (χ0n) is 16.0. The highest BCUT2D eigenvalue weighted by atomic mass is 32.1. The third kappa shape index (κ3) is 3.91. The number of carbonyl (C=O) groups is 2. The molecule has 0 aliphatic rings. The molecule has 8 heteroatoms. The van der Waals surface area contributed by atoms with Gasteiger partial charge < -0.3 is 19.3 Å². The van der Waals surface area contributed by atoms with E-state index in [9.17, 15) is 9.59 Å². The summed E-state index contributed by atoms with van der Waals surface area (Å²) in [5.41, 5.74) is 1.79. The van der Waals surface area contributed by atoms with Crippen LogP contribution in [0.5, 0.6) is 5.75 Å². The van der Waals surface area contributed by atoms with Gasteiger partial charge in [0.15, 0.2) is 5.69 Å². The van der Waals surface area contributed by atoms with E-state index in [-0.39, 0.29) is 12.3 Å². The lowest BCUT2D eigenvalue weighted by atomic mass is 10.1. The van der Waals surface area contributed by atoms with E-state index < -0.39 is 11.9 Å². The monoisotopic (exact) mass is 400 g/mol. The SMILES string of the molecule is COC(=O)c1c(NC(=O)c2noc(C)c2COc2ccccc2)sc(C)c1C. The number of nitrogens with zero attached hydrogens (tertiary/aromatic N) is 1. The summed E-state index contributed by atoms with van der Waals surface area (Å²) in [5.74, 6) is 0.191. The van der Waals surface area contributed by atoms with Crippen LogP contribution in [0.1, 0.15) is 42.6 Å². The normalized spacial score (nSPS) is 10.6. The number of aryl methyl sites for hydroxylation is 2. The Morgan fingerprint density at radius 3 is 2.57 bits per heavy atom. The third-order valence-electron chi connectivity index (χ3n) is 4.33. The lowest BCUT2D eigenvalue weighted by Gasteiger charge is -2.07. The molecule has 0 atom stereocenters.